The van der Waals surface area contributed by atoms with E-state index >= 15 is 0 Å². The number of hydrogen-bond donors (Lipinski definition) is 1. The van der Waals surface area contributed by atoms with Crippen LogP contribution in [0.25, 0.3) is 0 Å². The molecule has 1 N–H and O–H groups in total. The summed E-state index contributed by atoms with van der Waals surface area (Å²) in [7, 11) is 1.83. The van der Waals surface area contributed by atoms with Gasteiger partial charge in [0.2, 0.25) is 5.16 Å². The van der Waals surface area contributed by atoms with Gasteiger partial charge in [-0.05, 0) is 47.7 Å². The van der Waals surface area contributed by atoms with Crippen molar-refractivity contribution in [3.05, 3.63) is 63.9 Å². The first-order valence-corrected chi connectivity index (χ1v) is 10.6. The Morgan fingerprint density at radius 1 is 1.21 bits per heavy atom. The molecule has 0 radical (unpaired) electrons. The molecule has 0 bridgehead atoms. The predicted molar refractivity (Wildman–Crippen MR) is 118 cm³/mol. The van der Waals surface area contributed by atoms with E-state index in [2.05, 4.69) is 36.8 Å². The van der Waals surface area contributed by atoms with E-state index in [1.807, 2.05) is 25.2 Å². The zero-order valence-electron chi connectivity index (χ0n) is 15.8. The second-order valence-electron chi connectivity index (χ2n) is 6.10. The monoisotopic (exact) mass is 501 g/mol. The Balaban J connectivity index is 0.00000300. The molecule has 0 aliphatic heterocycles. The molecule has 0 aliphatic rings. The smallest absolute Gasteiger partial charge is 0.209 e. The molecule has 156 valence electrons. The van der Waals surface area contributed by atoms with Gasteiger partial charge in [0, 0.05) is 34.9 Å². The first kappa shape index (κ1) is 23.6. The van der Waals surface area contributed by atoms with E-state index < -0.39 is 0 Å². The summed E-state index contributed by atoms with van der Waals surface area (Å²) in [5.41, 5.74) is 1.57. The lowest BCUT2D eigenvalue weighted by molar-refractivity contribution is 0.296. The average molecular weight is 503 g/mol. The minimum Gasteiger partial charge on any atom is -0.488 e. The summed E-state index contributed by atoms with van der Waals surface area (Å²) in [6.07, 6.45) is 0.983. The Kier molecular flexibility index (Phi) is 9.86. The molecule has 29 heavy (non-hydrogen) atoms. The lowest BCUT2D eigenvalue weighted by Crippen LogP contribution is -2.16. The molecule has 0 saturated carbocycles. The molecule has 0 amide bonds. The van der Waals surface area contributed by atoms with Crippen LogP contribution in [0.5, 0.6) is 5.75 Å². The van der Waals surface area contributed by atoms with Gasteiger partial charge < -0.3 is 10.1 Å². The van der Waals surface area contributed by atoms with Crippen molar-refractivity contribution in [3.8, 4) is 5.75 Å². The van der Waals surface area contributed by atoms with Crippen LogP contribution >= 0.6 is 40.1 Å². The Morgan fingerprint density at radius 2 is 2.03 bits per heavy atom. The van der Waals surface area contributed by atoms with E-state index in [1.54, 1.807) is 34.6 Å². The predicted octanol–water partition coefficient (Wildman–Crippen LogP) is 4.38. The van der Waals surface area contributed by atoms with Gasteiger partial charge in [0.1, 0.15) is 18.2 Å². The van der Waals surface area contributed by atoms with Crippen molar-refractivity contribution < 1.29 is 9.13 Å². The van der Waals surface area contributed by atoms with Crippen LogP contribution in [0.2, 0.25) is 0 Å². The van der Waals surface area contributed by atoms with Crippen LogP contribution in [0.3, 0.4) is 0 Å². The van der Waals surface area contributed by atoms with Crippen molar-refractivity contribution in [2.24, 2.45) is 7.05 Å². The SMILES string of the molecule is Cl.Cn1nnnc1SCCCNCc1cc(Br)ccc1OCc1ccccc1F. The fraction of sp³-hybridized carbons (Fsp3) is 0.316. The highest BCUT2D eigenvalue weighted by molar-refractivity contribution is 9.10. The van der Waals surface area contributed by atoms with Crippen LogP contribution < -0.4 is 10.1 Å². The largest absolute Gasteiger partial charge is 0.488 e. The van der Waals surface area contributed by atoms with Gasteiger partial charge >= 0.3 is 0 Å². The third-order valence-electron chi connectivity index (χ3n) is 3.99. The number of benzene rings is 2. The number of ether oxygens (including phenoxy) is 1. The summed E-state index contributed by atoms with van der Waals surface area (Å²) in [5, 5.41) is 15.6. The number of halogens is 3. The maximum absolute atomic E-state index is 13.8. The molecular formula is C19H22BrClFN5OS. The third-order valence-corrected chi connectivity index (χ3v) is 5.58. The maximum atomic E-state index is 13.8. The quantitative estimate of drug-likeness (QED) is 0.328. The first-order valence-electron chi connectivity index (χ1n) is 8.84. The molecule has 0 atom stereocenters. The van der Waals surface area contributed by atoms with Crippen molar-refractivity contribution in [1.29, 1.82) is 0 Å². The molecule has 1 aromatic heterocycles. The van der Waals surface area contributed by atoms with Crippen LogP contribution in [-0.4, -0.2) is 32.5 Å². The average Bonchev–Trinajstić information content (AvgIpc) is 3.10. The maximum Gasteiger partial charge on any atom is 0.209 e. The summed E-state index contributed by atoms with van der Waals surface area (Å²) in [4.78, 5) is 0. The molecule has 0 spiro atoms. The Morgan fingerprint density at radius 3 is 2.79 bits per heavy atom. The Labute approximate surface area is 188 Å². The number of rotatable bonds is 10. The van der Waals surface area contributed by atoms with Gasteiger partial charge in [0.15, 0.2) is 0 Å². The summed E-state index contributed by atoms with van der Waals surface area (Å²) < 4.78 is 22.3. The molecule has 1 heterocycles. The minimum absolute atomic E-state index is 0. The van der Waals surface area contributed by atoms with Crippen molar-refractivity contribution in [1.82, 2.24) is 25.5 Å². The van der Waals surface area contributed by atoms with Crippen molar-refractivity contribution >= 4 is 40.1 Å². The van der Waals surface area contributed by atoms with E-state index in [0.717, 1.165) is 39.7 Å². The van der Waals surface area contributed by atoms with Gasteiger partial charge in [0.25, 0.3) is 0 Å². The summed E-state index contributed by atoms with van der Waals surface area (Å²) in [6.45, 7) is 1.73. The number of aryl methyl sites for hydroxylation is 1. The standard InChI is InChI=1S/C19H21BrFN5OS.ClH/c1-26-19(23-24-25-26)28-10-4-9-22-12-15-11-16(20)7-8-18(15)27-13-14-5-2-3-6-17(14)21;/h2-3,5-8,11,22H,4,9-10,12-13H2,1H3;1H. The number of hydrogen-bond acceptors (Lipinski definition) is 6. The normalized spacial score (nSPS) is 10.6. The molecule has 6 nitrogen and oxygen atoms in total. The minimum atomic E-state index is -0.255. The molecule has 0 saturated heterocycles. The zero-order valence-corrected chi connectivity index (χ0v) is 19.1. The number of thioether (sulfide) groups is 1. The molecule has 0 aliphatic carbocycles. The van der Waals surface area contributed by atoms with E-state index in [9.17, 15) is 4.39 Å². The highest BCUT2D eigenvalue weighted by atomic mass is 79.9. The number of nitrogens with zero attached hydrogens (tertiary/aromatic N) is 4. The van der Waals surface area contributed by atoms with Crippen molar-refractivity contribution in [2.75, 3.05) is 12.3 Å². The topological polar surface area (TPSA) is 64.9 Å². The van der Waals surface area contributed by atoms with Crippen LogP contribution in [0, 0.1) is 5.82 Å². The highest BCUT2D eigenvalue weighted by Crippen LogP contribution is 2.24. The Hall–Kier alpha value is -1.68. The van der Waals surface area contributed by atoms with Gasteiger partial charge in [-0.1, -0.05) is 45.9 Å². The van der Waals surface area contributed by atoms with Crippen LogP contribution in [0.1, 0.15) is 17.5 Å². The molecule has 10 heteroatoms. The van der Waals surface area contributed by atoms with Gasteiger partial charge in [0.05, 0.1) is 0 Å². The molecule has 2 aromatic carbocycles. The number of nitrogens with one attached hydrogen (secondary N) is 1. The van der Waals surface area contributed by atoms with E-state index in [1.165, 1.54) is 6.07 Å². The van der Waals surface area contributed by atoms with E-state index in [-0.39, 0.29) is 24.8 Å². The number of aromatic nitrogens is 4. The molecule has 3 rings (SSSR count). The van der Waals surface area contributed by atoms with Gasteiger partial charge in [-0.3, -0.25) is 0 Å². The third kappa shape index (κ3) is 7.26. The highest BCUT2D eigenvalue weighted by Gasteiger charge is 2.08. The lowest BCUT2D eigenvalue weighted by Gasteiger charge is -2.13. The fourth-order valence-corrected chi connectivity index (χ4v) is 3.72. The van der Waals surface area contributed by atoms with Gasteiger partial charge in [-0.15, -0.1) is 17.5 Å². The van der Waals surface area contributed by atoms with Crippen LogP contribution in [0.15, 0.2) is 52.1 Å². The van der Waals surface area contributed by atoms with Crippen LogP contribution in [0.4, 0.5) is 4.39 Å². The summed E-state index contributed by atoms with van der Waals surface area (Å²) >= 11 is 5.13. The second-order valence-corrected chi connectivity index (χ2v) is 8.07. The molecule has 0 unspecified atom stereocenters. The summed E-state index contributed by atoms with van der Waals surface area (Å²) in [6, 6.07) is 12.5. The van der Waals surface area contributed by atoms with Crippen molar-refractivity contribution in [2.45, 2.75) is 24.7 Å². The Bertz CT molecular complexity index is 914. The molecule has 0 fully saturated rings. The lowest BCUT2D eigenvalue weighted by atomic mass is 10.2. The number of tetrazole rings is 1. The second kappa shape index (κ2) is 12.1. The van der Waals surface area contributed by atoms with E-state index in [0.29, 0.717) is 12.1 Å². The van der Waals surface area contributed by atoms with Gasteiger partial charge in [-0.25, -0.2) is 9.07 Å². The van der Waals surface area contributed by atoms with Gasteiger partial charge in [-0.2, -0.15) is 0 Å². The van der Waals surface area contributed by atoms with E-state index in [4.69, 9.17) is 4.74 Å². The summed E-state index contributed by atoms with van der Waals surface area (Å²) in [5.74, 6) is 1.42. The fourth-order valence-electron chi connectivity index (χ4n) is 2.53. The zero-order chi connectivity index (χ0) is 19.8. The van der Waals surface area contributed by atoms with Crippen molar-refractivity contribution in [3.63, 3.8) is 0 Å². The molecule has 3 aromatic rings. The van der Waals surface area contributed by atoms with Crippen LogP contribution in [-0.2, 0) is 20.2 Å². The first-order chi connectivity index (χ1) is 13.6. The molecular weight excluding hydrogens is 481 g/mol.